The quantitative estimate of drug-likeness (QED) is 0.665. The molecule has 17 heavy (non-hydrogen) atoms. The number of rotatable bonds is 2. The number of hydrogen-bond donors (Lipinski definition) is 0. The van der Waals surface area contributed by atoms with Crippen molar-refractivity contribution in [2.75, 3.05) is 0 Å². The molecule has 0 unspecified atom stereocenters. The normalized spacial score (nSPS) is 10.6. The number of aryl methyl sites for hydroxylation is 1. The Bertz CT molecular complexity index is 608. The van der Waals surface area contributed by atoms with Crippen molar-refractivity contribution in [2.24, 2.45) is 0 Å². The first kappa shape index (κ1) is 10.3. The molecule has 0 aliphatic carbocycles. The fourth-order valence-corrected chi connectivity index (χ4v) is 2.31. The molecule has 3 rings (SSSR count). The number of nitrogens with zero attached hydrogens (tertiary/aromatic N) is 1. The minimum Gasteiger partial charge on any atom is -0.435 e. The van der Waals surface area contributed by atoms with Gasteiger partial charge in [-0.1, -0.05) is 23.8 Å². The predicted molar refractivity (Wildman–Crippen MR) is 70.0 cm³/mol. The van der Waals surface area contributed by atoms with Gasteiger partial charge < -0.3 is 4.42 Å². The van der Waals surface area contributed by atoms with Gasteiger partial charge in [0, 0.05) is 5.56 Å². The van der Waals surface area contributed by atoms with E-state index in [0.29, 0.717) is 5.89 Å². The Morgan fingerprint density at radius 2 is 1.94 bits per heavy atom. The van der Waals surface area contributed by atoms with Crippen molar-refractivity contribution in [3.63, 3.8) is 0 Å². The third kappa shape index (κ3) is 2.01. The van der Waals surface area contributed by atoms with E-state index in [9.17, 15) is 0 Å². The van der Waals surface area contributed by atoms with E-state index in [-0.39, 0.29) is 0 Å². The summed E-state index contributed by atoms with van der Waals surface area (Å²) in [5.41, 5.74) is 2.25. The SMILES string of the molecule is Cc1ccc(-c2ncc(-c3cccs3)o2)cc1. The summed E-state index contributed by atoms with van der Waals surface area (Å²) < 4.78 is 5.75. The van der Waals surface area contributed by atoms with E-state index in [0.717, 1.165) is 16.2 Å². The second-order valence-electron chi connectivity index (χ2n) is 3.87. The van der Waals surface area contributed by atoms with Gasteiger partial charge in [-0.25, -0.2) is 4.98 Å². The lowest BCUT2D eigenvalue weighted by Crippen LogP contribution is -1.76. The van der Waals surface area contributed by atoms with Crippen LogP contribution in [0.4, 0.5) is 0 Å². The maximum atomic E-state index is 5.75. The fraction of sp³-hybridized carbons (Fsp3) is 0.0714. The standard InChI is InChI=1S/C14H11NOS/c1-10-4-6-11(7-5-10)14-15-9-12(16-14)13-3-2-8-17-13/h2-9H,1H3. The molecule has 0 saturated carbocycles. The maximum Gasteiger partial charge on any atom is 0.226 e. The van der Waals surface area contributed by atoms with E-state index in [2.05, 4.69) is 24.0 Å². The minimum atomic E-state index is 0.674. The van der Waals surface area contributed by atoms with Crippen molar-refractivity contribution in [1.82, 2.24) is 4.98 Å². The Hall–Kier alpha value is -1.87. The van der Waals surface area contributed by atoms with Crippen LogP contribution in [0, 0.1) is 6.92 Å². The summed E-state index contributed by atoms with van der Waals surface area (Å²) in [5, 5.41) is 2.03. The van der Waals surface area contributed by atoms with Crippen molar-refractivity contribution in [3.05, 3.63) is 53.5 Å². The Kier molecular flexibility index (Phi) is 2.53. The maximum absolute atomic E-state index is 5.75. The zero-order valence-electron chi connectivity index (χ0n) is 9.38. The van der Waals surface area contributed by atoms with Crippen LogP contribution in [0.15, 0.2) is 52.4 Å². The average molecular weight is 241 g/mol. The average Bonchev–Trinajstić information content (AvgIpc) is 3.00. The summed E-state index contributed by atoms with van der Waals surface area (Å²) in [6, 6.07) is 12.2. The molecule has 0 spiro atoms. The second-order valence-corrected chi connectivity index (χ2v) is 4.82. The monoisotopic (exact) mass is 241 g/mol. The lowest BCUT2D eigenvalue weighted by Gasteiger charge is -1.96. The highest BCUT2D eigenvalue weighted by Crippen LogP contribution is 2.28. The highest BCUT2D eigenvalue weighted by molar-refractivity contribution is 7.13. The van der Waals surface area contributed by atoms with Crippen molar-refractivity contribution in [3.8, 4) is 22.1 Å². The fourth-order valence-electron chi connectivity index (χ4n) is 1.64. The van der Waals surface area contributed by atoms with Gasteiger partial charge in [0.25, 0.3) is 0 Å². The smallest absolute Gasteiger partial charge is 0.226 e. The molecule has 0 aliphatic rings. The minimum absolute atomic E-state index is 0.674. The molecule has 0 saturated heterocycles. The van der Waals surface area contributed by atoms with Gasteiger partial charge in [-0.05, 0) is 30.5 Å². The van der Waals surface area contributed by atoms with E-state index in [4.69, 9.17) is 4.42 Å². The zero-order chi connectivity index (χ0) is 11.7. The number of oxazole rings is 1. The molecule has 3 heteroatoms. The van der Waals surface area contributed by atoms with Crippen LogP contribution in [0.3, 0.4) is 0 Å². The molecular weight excluding hydrogens is 230 g/mol. The molecule has 2 aromatic heterocycles. The van der Waals surface area contributed by atoms with Gasteiger partial charge in [0.2, 0.25) is 5.89 Å². The lowest BCUT2D eigenvalue weighted by atomic mass is 10.1. The summed E-state index contributed by atoms with van der Waals surface area (Å²) in [5.74, 6) is 1.50. The molecule has 2 heterocycles. The van der Waals surface area contributed by atoms with E-state index in [1.807, 2.05) is 29.6 Å². The molecule has 3 aromatic rings. The molecule has 2 nitrogen and oxygen atoms in total. The number of thiophene rings is 1. The van der Waals surface area contributed by atoms with E-state index in [1.165, 1.54) is 5.56 Å². The first-order chi connectivity index (χ1) is 8.33. The van der Waals surface area contributed by atoms with Crippen LogP contribution in [-0.4, -0.2) is 4.98 Å². The molecule has 0 radical (unpaired) electrons. The largest absolute Gasteiger partial charge is 0.435 e. The van der Waals surface area contributed by atoms with Crippen molar-refractivity contribution in [1.29, 1.82) is 0 Å². The van der Waals surface area contributed by atoms with Crippen molar-refractivity contribution >= 4 is 11.3 Å². The molecule has 0 atom stereocenters. The highest BCUT2D eigenvalue weighted by Gasteiger charge is 2.08. The molecule has 1 aromatic carbocycles. The number of aromatic nitrogens is 1. The summed E-state index contributed by atoms with van der Waals surface area (Å²) in [4.78, 5) is 5.42. The molecule has 0 amide bonds. The van der Waals surface area contributed by atoms with Gasteiger partial charge in [-0.15, -0.1) is 11.3 Å². The van der Waals surface area contributed by atoms with Gasteiger partial charge in [-0.2, -0.15) is 0 Å². The van der Waals surface area contributed by atoms with Gasteiger partial charge >= 0.3 is 0 Å². The number of benzene rings is 1. The first-order valence-corrected chi connectivity index (χ1v) is 6.27. The third-order valence-corrected chi connectivity index (χ3v) is 3.45. The topological polar surface area (TPSA) is 26.0 Å². The molecular formula is C14H11NOS. The van der Waals surface area contributed by atoms with Crippen molar-refractivity contribution < 1.29 is 4.42 Å². The van der Waals surface area contributed by atoms with Crippen LogP contribution >= 0.6 is 11.3 Å². The van der Waals surface area contributed by atoms with Crippen LogP contribution < -0.4 is 0 Å². The van der Waals surface area contributed by atoms with Crippen LogP contribution in [0.25, 0.3) is 22.1 Å². The van der Waals surface area contributed by atoms with E-state index in [1.54, 1.807) is 17.5 Å². The molecule has 0 bridgehead atoms. The Morgan fingerprint density at radius 3 is 2.65 bits per heavy atom. The Morgan fingerprint density at radius 1 is 1.12 bits per heavy atom. The molecule has 0 aliphatic heterocycles. The first-order valence-electron chi connectivity index (χ1n) is 5.40. The summed E-state index contributed by atoms with van der Waals surface area (Å²) in [6.07, 6.45) is 1.78. The predicted octanol–water partition coefficient (Wildman–Crippen LogP) is 4.38. The summed E-state index contributed by atoms with van der Waals surface area (Å²) >= 11 is 1.65. The van der Waals surface area contributed by atoms with Crippen LogP contribution in [-0.2, 0) is 0 Å². The lowest BCUT2D eigenvalue weighted by molar-refractivity contribution is 0.590. The van der Waals surface area contributed by atoms with Crippen LogP contribution in [0.5, 0.6) is 0 Å². The van der Waals surface area contributed by atoms with Gasteiger partial charge in [0.05, 0.1) is 11.1 Å². The van der Waals surface area contributed by atoms with Crippen molar-refractivity contribution in [2.45, 2.75) is 6.92 Å². The number of hydrogen-bond acceptors (Lipinski definition) is 3. The zero-order valence-corrected chi connectivity index (χ0v) is 10.2. The second kappa shape index (κ2) is 4.18. The van der Waals surface area contributed by atoms with E-state index >= 15 is 0 Å². The van der Waals surface area contributed by atoms with Gasteiger partial charge in [-0.3, -0.25) is 0 Å². The summed E-state index contributed by atoms with van der Waals surface area (Å²) in [7, 11) is 0. The summed E-state index contributed by atoms with van der Waals surface area (Å²) in [6.45, 7) is 2.07. The Balaban J connectivity index is 1.98. The molecule has 0 fully saturated rings. The third-order valence-electron chi connectivity index (χ3n) is 2.57. The van der Waals surface area contributed by atoms with Crippen LogP contribution in [0.2, 0.25) is 0 Å². The van der Waals surface area contributed by atoms with Crippen LogP contribution in [0.1, 0.15) is 5.56 Å². The Labute approximate surface area is 104 Å². The molecule has 0 N–H and O–H groups in total. The highest BCUT2D eigenvalue weighted by atomic mass is 32.1. The molecule has 84 valence electrons. The van der Waals surface area contributed by atoms with E-state index < -0.39 is 0 Å². The van der Waals surface area contributed by atoms with Gasteiger partial charge in [0.1, 0.15) is 0 Å². The van der Waals surface area contributed by atoms with Gasteiger partial charge in [0.15, 0.2) is 5.76 Å².